The highest BCUT2D eigenvalue weighted by Gasteiger charge is 2.27. The molecule has 106 valence electrons. The average Bonchev–Trinajstić information content (AvgIpc) is 2.76. The lowest BCUT2D eigenvalue weighted by molar-refractivity contribution is 0.744. The predicted octanol–water partition coefficient (Wildman–Crippen LogP) is 3.27. The standard InChI is InChI=1S/C14H24N4S/c1-4-19-11-7-5-6-10(11)16-13-8-12(15)17-14(18-13)9(2)3/h8-11H,4-7H2,1-3H3,(H3,15,16,17,18). The molecule has 19 heavy (non-hydrogen) atoms. The number of thioether (sulfide) groups is 1. The van der Waals surface area contributed by atoms with Crippen molar-refractivity contribution in [2.24, 2.45) is 0 Å². The smallest absolute Gasteiger partial charge is 0.135 e. The molecule has 0 amide bonds. The van der Waals surface area contributed by atoms with E-state index in [9.17, 15) is 0 Å². The second kappa shape index (κ2) is 6.46. The zero-order valence-corrected chi connectivity index (χ0v) is 12.8. The molecule has 1 fully saturated rings. The van der Waals surface area contributed by atoms with Crippen LogP contribution in [0.2, 0.25) is 0 Å². The minimum Gasteiger partial charge on any atom is -0.384 e. The lowest BCUT2D eigenvalue weighted by atomic mass is 10.2. The number of anilines is 2. The van der Waals surface area contributed by atoms with Gasteiger partial charge in [0.05, 0.1) is 0 Å². The summed E-state index contributed by atoms with van der Waals surface area (Å²) in [7, 11) is 0. The minimum atomic E-state index is 0.299. The molecule has 0 radical (unpaired) electrons. The molecule has 0 bridgehead atoms. The van der Waals surface area contributed by atoms with Crippen molar-refractivity contribution in [2.75, 3.05) is 16.8 Å². The Morgan fingerprint density at radius 1 is 1.42 bits per heavy atom. The molecule has 2 atom stereocenters. The number of nitrogens with two attached hydrogens (primary N) is 1. The van der Waals surface area contributed by atoms with Gasteiger partial charge in [0.25, 0.3) is 0 Å². The Balaban J connectivity index is 2.09. The van der Waals surface area contributed by atoms with Crippen molar-refractivity contribution >= 4 is 23.4 Å². The number of nitrogens with one attached hydrogen (secondary N) is 1. The molecule has 0 saturated heterocycles. The lowest BCUT2D eigenvalue weighted by Gasteiger charge is -2.21. The maximum absolute atomic E-state index is 5.87. The van der Waals surface area contributed by atoms with Crippen LogP contribution in [0.5, 0.6) is 0 Å². The summed E-state index contributed by atoms with van der Waals surface area (Å²) in [6.45, 7) is 6.40. The number of nitrogens with zero attached hydrogens (tertiary/aromatic N) is 2. The summed E-state index contributed by atoms with van der Waals surface area (Å²) in [5, 5.41) is 4.26. The highest BCUT2D eigenvalue weighted by Crippen LogP contribution is 2.32. The van der Waals surface area contributed by atoms with Crippen LogP contribution < -0.4 is 11.1 Å². The van der Waals surface area contributed by atoms with Gasteiger partial charge in [0.15, 0.2) is 0 Å². The van der Waals surface area contributed by atoms with Gasteiger partial charge in [0.2, 0.25) is 0 Å². The Labute approximate surface area is 120 Å². The van der Waals surface area contributed by atoms with Crippen LogP contribution in [0.4, 0.5) is 11.6 Å². The Morgan fingerprint density at radius 3 is 2.89 bits per heavy atom. The van der Waals surface area contributed by atoms with Gasteiger partial charge in [-0.25, -0.2) is 9.97 Å². The van der Waals surface area contributed by atoms with Crippen LogP contribution in [0.3, 0.4) is 0 Å². The molecule has 1 aromatic rings. The van der Waals surface area contributed by atoms with E-state index < -0.39 is 0 Å². The zero-order valence-electron chi connectivity index (χ0n) is 12.0. The Kier molecular flexibility index (Phi) is 4.91. The predicted molar refractivity (Wildman–Crippen MR) is 83.7 cm³/mol. The molecular formula is C14H24N4S. The Morgan fingerprint density at radius 2 is 2.21 bits per heavy atom. The summed E-state index contributed by atoms with van der Waals surface area (Å²) in [5.74, 6) is 3.73. The van der Waals surface area contributed by atoms with Crippen molar-refractivity contribution in [1.29, 1.82) is 0 Å². The third kappa shape index (κ3) is 3.75. The van der Waals surface area contributed by atoms with E-state index in [4.69, 9.17) is 5.73 Å². The van der Waals surface area contributed by atoms with E-state index in [1.54, 1.807) is 0 Å². The first-order chi connectivity index (χ1) is 9.10. The highest BCUT2D eigenvalue weighted by molar-refractivity contribution is 7.99. The van der Waals surface area contributed by atoms with E-state index in [0.29, 0.717) is 23.0 Å². The third-order valence-corrected chi connectivity index (χ3v) is 4.77. The molecule has 0 aromatic carbocycles. The molecule has 1 heterocycles. The van der Waals surface area contributed by atoms with Crippen LogP contribution in [0, 0.1) is 0 Å². The van der Waals surface area contributed by atoms with E-state index in [1.807, 2.05) is 17.8 Å². The molecule has 4 nitrogen and oxygen atoms in total. The fraction of sp³-hybridized carbons (Fsp3) is 0.714. The monoisotopic (exact) mass is 280 g/mol. The topological polar surface area (TPSA) is 63.8 Å². The van der Waals surface area contributed by atoms with Gasteiger partial charge in [-0.2, -0.15) is 11.8 Å². The van der Waals surface area contributed by atoms with Gasteiger partial charge in [0, 0.05) is 23.3 Å². The lowest BCUT2D eigenvalue weighted by Crippen LogP contribution is -2.27. The number of nitrogen functional groups attached to an aromatic ring is 1. The van der Waals surface area contributed by atoms with Crippen molar-refractivity contribution in [2.45, 2.75) is 57.2 Å². The number of hydrogen-bond acceptors (Lipinski definition) is 5. The van der Waals surface area contributed by atoms with E-state index in [0.717, 1.165) is 11.6 Å². The maximum atomic E-state index is 5.87. The van der Waals surface area contributed by atoms with E-state index in [2.05, 4.69) is 36.1 Å². The van der Waals surface area contributed by atoms with Crippen molar-refractivity contribution < 1.29 is 0 Å². The first kappa shape index (κ1) is 14.4. The molecule has 1 aliphatic carbocycles. The minimum absolute atomic E-state index is 0.299. The number of aromatic nitrogens is 2. The maximum Gasteiger partial charge on any atom is 0.135 e. The average molecular weight is 280 g/mol. The molecule has 0 aliphatic heterocycles. The van der Waals surface area contributed by atoms with Crippen LogP contribution >= 0.6 is 11.8 Å². The summed E-state index contributed by atoms with van der Waals surface area (Å²) in [4.78, 5) is 8.86. The van der Waals surface area contributed by atoms with Gasteiger partial charge in [0.1, 0.15) is 17.5 Å². The van der Waals surface area contributed by atoms with Gasteiger partial charge in [-0.05, 0) is 18.6 Å². The first-order valence-corrected chi connectivity index (χ1v) is 8.17. The molecular weight excluding hydrogens is 256 g/mol. The summed E-state index contributed by atoms with van der Waals surface area (Å²) in [6, 6.07) is 2.36. The van der Waals surface area contributed by atoms with Crippen molar-refractivity contribution in [3.8, 4) is 0 Å². The van der Waals surface area contributed by atoms with Crippen LogP contribution in [0.25, 0.3) is 0 Å². The molecule has 1 aliphatic rings. The van der Waals surface area contributed by atoms with Crippen LogP contribution in [-0.4, -0.2) is 27.0 Å². The fourth-order valence-electron chi connectivity index (χ4n) is 2.51. The van der Waals surface area contributed by atoms with E-state index in [1.165, 1.54) is 25.0 Å². The fourth-order valence-corrected chi connectivity index (χ4v) is 3.71. The van der Waals surface area contributed by atoms with Crippen LogP contribution in [-0.2, 0) is 0 Å². The molecule has 1 saturated carbocycles. The van der Waals surface area contributed by atoms with Gasteiger partial charge in [-0.1, -0.05) is 27.2 Å². The number of hydrogen-bond donors (Lipinski definition) is 2. The van der Waals surface area contributed by atoms with Crippen LogP contribution in [0.15, 0.2) is 6.07 Å². The molecule has 3 N–H and O–H groups in total. The van der Waals surface area contributed by atoms with Gasteiger partial charge < -0.3 is 11.1 Å². The Bertz CT molecular complexity index is 422. The van der Waals surface area contributed by atoms with Crippen molar-refractivity contribution in [3.63, 3.8) is 0 Å². The van der Waals surface area contributed by atoms with Crippen molar-refractivity contribution in [3.05, 3.63) is 11.9 Å². The largest absolute Gasteiger partial charge is 0.384 e. The van der Waals surface area contributed by atoms with E-state index >= 15 is 0 Å². The third-order valence-electron chi connectivity index (χ3n) is 3.45. The first-order valence-electron chi connectivity index (χ1n) is 7.12. The highest BCUT2D eigenvalue weighted by atomic mass is 32.2. The van der Waals surface area contributed by atoms with Gasteiger partial charge >= 0.3 is 0 Å². The summed E-state index contributed by atoms with van der Waals surface area (Å²) < 4.78 is 0. The molecule has 2 unspecified atom stereocenters. The molecule has 2 rings (SSSR count). The van der Waals surface area contributed by atoms with Crippen LogP contribution in [0.1, 0.15) is 51.8 Å². The summed E-state index contributed by atoms with van der Waals surface area (Å²) in [5.41, 5.74) is 5.87. The van der Waals surface area contributed by atoms with Gasteiger partial charge in [-0.15, -0.1) is 0 Å². The second-order valence-corrected chi connectivity index (χ2v) is 6.88. The normalized spacial score (nSPS) is 22.9. The SMILES string of the molecule is CCSC1CCCC1Nc1cc(N)nc(C(C)C)n1. The second-order valence-electron chi connectivity index (χ2n) is 5.37. The summed E-state index contributed by atoms with van der Waals surface area (Å²) in [6.07, 6.45) is 3.82. The van der Waals surface area contributed by atoms with Crippen molar-refractivity contribution in [1.82, 2.24) is 9.97 Å². The quantitative estimate of drug-likeness (QED) is 0.866. The molecule has 0 spiro atoms. The zero-order chi connectivity index (χ0) is 13.8. The van der Waals surface area contributed by atoms with E-state index in [-0.39, 0.29) is 0 Å². The molecule has 5 heteroatoms. The Hall–Kier alpha value is -0.970. The molecule has 1 aromatic heterocycles. The summed E-state index contributed by atoms with van der Waals surface area (Å²) >= 11 is 2.04. The number of rotatable bonds is 5. The van der Waals surface area contributed by atoms with Gasteiger partial charge in [-0.3, -0.25) is 0 Å².